The summed E-state index contributed by atoms with van der Waals surface area (Å²) in [4.78, 5) is 10.4. The van der Waals surface area contributed by atoms with Crippen LogP contribution in [0.4, 0.5) is 0 Å². The molecule has 1 rings (SSSR count). The fourth-order valence-electron chi connectivity index (χ4n) is 0.945. The SMILES string of the molecule is C[C@H]1COC[C@H](C(=O)O)N1. The van der Waals surface area contributed by atoms with Gasteiger partial charge in [-0.25, -0.2) is 0 Å². The van der Waals surface area contributed by atoms with Gasteiger partial charge in [0, 0.05) is 6.04 Å². The Morgan fingerprint density at radius 1 is 1.70 bits per heavy atom. The summed E-state index contributed by atoms with van der Waals surface area (Å²) in [6.07, 6.45) is 0. The second kappa shape index (κ2) is 2.98. The number of carboxylic acids is 1. The smallest absolute Gasteiger partial charge is 0.323 e. The summed E-state index contributed by atoms with van der Waals surface area (Å²) in [5.41, 5.74) is 0. The molecule has 0 radical (unpaired) electrons. The second-order valence-electron chi connectivity index (χ2n) is 2.50. The lowest BCUT2D eigenvalue weighted by atomic mass is 10.2. The number of carboxylic acid groups (broad SMARTS) is 1. The minimum absolute atomic E-state index is 0.148. The normalized spacial score (nSPS) is 33.7. The van der Waals surface area contributed by atoms with Crippen molar-refractivity contribution < 1.29 is 14.6 Å². The van der Waals surface area contributed by atoms with Crippen molar-refractivity contribution in [2.75, 3.05) is 13.2 Å². The Morgan fingerprint density at radius 2 is 2.40 bits per heavy atom. The van der Waals surface area contributed by atoms with Gasteiger partial charge in [0.2, 0.25) is 0 Å². The highest BCUT2D eigenvalue weighted by Crippen LogP contribution is 1.98. The molecular formula is C6H11NO3. The zero-order valence-corrected chi connectivity index (χ0v) is 5.83. The van der Waals surface area contributed by atoms with E-state index in [2.05, 4.69) is 5.32 Å². The lowest BCUT2D eigenvalue weighted by Gasteiger charge is -2.25. The minimum Gasteiger partial charge on any atom is -0.480 e. The van der Waals surface area contributed by atoms with Gasteiger partial charge in [0.1, 0.15) is 6.04 Å². The van der Waals surface area contributed by atoms with Gasteiger partial charge in [0.25, 0.3) is 0 Å². The van der Waals surface area contributed by atoms with Gasteiger partial charge in [-0.2, -0.15) is 0 Å². The molecule has 1 aliphatic rings. The van der Waals surface area contributed by atoms with E-state index in [4.69, 9.17) is 9.84 Å². The fraction of sp³-hybridized carbons (Fsp3) is 0.833. The molecule has 2 N–H and O–H groups in total. The van der Waals surface area contributed by atoms with Crippen LogP contribution in [0.2, 0.25) is 0 Å². The summed E-state index contributed by atoms with van der Waals surface area (Å²) in [6, 6.07) is -0.376. The summed E-state index contributed by atoms with van der Waals surface area (Å²) in [5, 5.41) is 11.4. The summed E-state index contributed by atoms with van der Waals surface area (Å²) in [7, 11) is 0. The average Bonchev–Trinajstić information content (AvgIpc) is 1.88. The first kappa shape index (κ1) is 7.50. The quantitative estimate of drug-likeness (QED) is 0.519. The molecule has 0 aliphatic carbocycles. The Morgan fingerprint density at radius 3 is 2.80 bits per heavy atom. The number of nitrogens with one attached hydrogen (secondary N) is 1. The molecule has 1 aliphatic heterocycles. The van der Waals surface area contributed by atoms with Crippen LogP contribution in [-0.4, -0.2) is 36.4 Å². The zero-order valence-electron chi connectivity index (χ0n) is 5.83. The van der Waals surface area contributed by atoms with E-state index >= 15 is 0 Å². The Kier molecular flexibility index (Phi) is 2.24. The van der Waals surface area contributed by atoms with Crippen LogP contribution in [-0.2, 0) is 9.53 Å². The van der Waals surface area contributed by atoms with E-state index in [1.165, 1.54) is 0 Å². The Bertz CT molecular complexity index is 137. The summed E-state index contributed by atoms with van der Waals surface area (Å²) >= 11 is 0. The topological polar surface area (TPSA) is 58.6 Å². The average molecular weight is 145 g/mol. The van der Waals surface area contributed by atoms with Crippen molar-refractivity contribution in [2.24, 2.45) is 0 Å². The largest absolute Gasteiger partial charge is 0.480 e. The molecule has 0 aromatic heterocycles. The number of hydrogen-bond acceptors (Lipinski definition) is 3. The van der Waals surface area contributed by atoms with Crippen LogP contribution >= 0.6 is 0 Å². The van der Waals surface area contributed by atoms with Crippen LogP contribution in [0.25, 0.3) is 0 Å². The highest BCUT2D eigenvalue weighted by molar-refractivity contribution is 5.73. The van der Waals surface area contributed by atoms with Crippen LogP contribution in [0.3, 0.4) is 0 Å². The molecule has 2 atom stereocenters. The molecule has 0 unspecified atom stereocenters. The van der Waals surface area contributed by atoms with Crippen LogP contribution in [0.1, 0.15) is 6.92 Å². The maximum absolute atomic E-state index is 10.4. The van der Waals surface area contributed by atoms with Crippen LogP contribution < -0.4 is 5.32 Å². The van der Waals surface area contributed by atoms with Crippen molar-refractivity contribution in [1.29, 1.82) is 0 Å². The predicted molar refractivity (Wildman–Crippen MR) is 34.8 cm³/mol. The van der Waals surface area contributed by atoms with E-state index in [0.717, 1.165) is 0 Å². The highest BCUT2D eigenvalue weighted by Gasteiger charge is 2.23. The van der Waals surface area contributed by atoms with Crippen molar-refractivity contribution in [2.45, 2.75) is 19.0 Å². The molecule has 0 saturated carbocycles. The fourth-order valence-corrected chi connectivity index (χ4v) is 0.945. The van der Waals surface area contributed by atoms with Gasteiger partial charge >= 0.3 is 5.97 Å². The third-order valence-corrected chi connectivity index (χ3v) is 1.44. The number of aliphatic carboxylic acids is 1. The molecule has 1 heterocycles. The first-order valence-corrected chi connectivity index (χ1v) is 3.26. The van der Waals surface area contributed by atoms with Gasteiger partial charge in [-0.15, -0.1) is 0 Å². The van der Waals surface area contributed by atoms with Crippen LogP contribution in [0.5, 0.6) is 0 Å². The van der Waals surface area contributed by atoms with Crippen molar-refractivity contribution in [3.63, 3.8) is 0 Å². The molecule has 0 aromatic carbocycles. The lowest BCUT2D eigenvalue weighted by Crippen LogP contribution is -2.51. The molecule has 1 fully saturated rings. The van der Waals surface area contributed by atoms with Crippen LogP contribution in [0.15, 0.2) is 0 Å². The lowest BCUT2D eigenvalue weighted by molar-refractivity contribution is -0.143. The third-order valence-electron chi connectivity index (χ3n) is 1.44. The maximum Gasteiger partial charge on any atom is 0.323 e. The predicted octanol–water partition coefficient (Wildman–Crippen LogP) is -0.552. The standard InChI is InChI=1S/C6H11NO3/c1-4-2-10-3-5(7-4)6(8)9/h4-5,7H,2-3H2,1H3,(H,8,9)/t4-,5+/m0/s1. The summed E-state index contributed by atoms with van der Waals surface area (Å²) < 4.78 is 5.01. The molecule has 58 valence electrons. The number of carbonyl (C=O) groups is 1. The minimum atomic E-state index is -0.841. The van der Waals surface area contributed by atoms with Gasteiger partial charge in [0.05, 0.1) is 13.2 Å². The Labute approximate surface area is 59.2 Å². The molecule has 0 spiro atoms. The summed E-state index contributed by atoms with van der Waals surface area (Å²) in [6.45, 7) is 2.78. The zero-order chi connectivity index (χ0) is 7.56. The molecule has 4 nitrogen and oxygen atoms in total. The van der Waals surface area contributed by atoms with E-state index in [9.17, 15) is 4.79 Å². The van der Waals surface area contributed by atoms with E-state index < -0.39 is 12.0 Å². The highest BCUT2D eigenvalue weighted by atomic mass is 16.5. The Balaban J connectivity index is 2.39. The number of morpholine rings is 1. The van der Waals surface area contributed by atoms with Crippen LogP contribution in [0, 0.1) is 0 Å². The van der Waals surface area contributed by atoms with Crippen molar-refractivity contribution >= 4 is 5.97 Å². The van der Waals surface area contributed by atoms with Crippen molar-refractivity contribution in [3.05, 3.63) is 0 Å². The van der Waals surface area contributed by atoms with Gasteiger partial charge in [-0.05, 0) is 6.92 Å². The molecular weight excluding hydrogens is 134 g/mol. The third kappa shape index (κ3) is 1.68. The summed E-state index contributed by atoms with van der Waals surface area (Å²) in [5.74, 6) is -0.841. The Hall–Kier alpha value is -0.610. The monoisotopic (exact) mass is 145 g/mol. The first-order valence-electron chi connectivity index (χ1n) is 3.26. The van der Waals surface area contributed by atoms with E-state index in [0.29, 0.717) is 6.61 Å². The van der Waals surface area contributed by atoms with Gasteiger partial charge < -0.3 is 9.84 Å². The molecule has 0 aromatic rings. The molecule has 1 saturated heterocycles. The van der Waals surface area contributed by atoms with Gasteiger partial charge in [-0.1, -0.05) is 0 Å². The first-order chi connectivity index (χ1) is 4.70. The van der Waals surface area contributed by atoms with E-state index in [1.807, 2.05) is 6.92 Å². The molecule has 0 bridgehead atoms. The van der Waals surface area contributed by atoms with E-state index in [1.54, 1.807) is 0 Å². The van der Waals surface area contributed by atoms with Gasteiger partial charge in [0.15, 0.2) is 0 Å². The molecule has 4 heteroatoms. The molecule has 10 heavy (non-hydrogen) atoms. The number of hydrogen-bond donors (Lipinski definition) is 2. The van der Waals surface area contributed by atoms with E-state index in [-0.39, 0.29) is 12.6 Å². The van der Waals surface area contributed by atoms with Crippen molar-refractivity contribution in [3.8, 4) is 0 Å². The van der Waals surface area contributed by atoms with Gasteiger partial charge in [-0.3, -0.25) is 10.1 Å². The maximum atomic E-state index is 10.4. The van der Waals surface area contributed by atoms with Crippen molar-refractivity contribution in [1.82, 2.24) is 5.32 Å². The molecule has 0 amide bonds. The number of ether oxygens (including phenoxy) is 1. The number of rotatable bonds is 1. The second-order valence-corrected chi connectivity index (χ2v) is 2.50.